The zero-order valence-corrected chi connectivity index (χ0v) is 8.61. The van der Waals surface area contributed by atoms with Gasteiger partial charge < -0.3 is 5.11 Å². The molecule has 0 heterocycles. The summed E-state index contributed by atoms with van der Waals surface area (Å²) in [5, 5.41) is 8.65. The smallest absolute Gasteiger partial charge is 0.176 e. The highest BCUT2D eigenvalue weighted by Gasteiger charge is 2.09. The van der Waals surface area contributed by atoms with Crippen LogP contribution in [0.5, 0.6) is 0 Å². The molecule has 0 aliphatic carbocycles. The number of nitrogens with zero attached hydrogens (tertiary/aromatic N) is 1. The van der Waals surface area contributed by atoms with Crippen LogP contribution in [0.3, 0.4) is 0 Å². The molecule has 0 saturated carbocycles. The van der Waals surface area contributed by atoms with E-state index in [0.29, 0.717) is 12.1 Å². The molecular weight excluding hydrogens is 197 g/mol. The first-order valence-electron chi connectivity index (χ1n) is 4.71. The normalized spacial score (nSPS) is 10.7. The van der Waals surface area contributed by atoms with E-state index in [1.165, 1.54) is 18.2 Å². The van der Waals surface area contributed by atoms with Crippen molar-refractivity contribution < 1.29 is 14.3 Å². The van der Waals surface area contributed by atoms with Crippen molar-refractivity contribution in [3.63, 3.8) is 0 Å². The summed E-state index contributed by atoms with van der Waals surface area (Å²) in [6, 6.07) is 5.61. The fourth-order valence-corrected chi connectivity index (χ4v) is 1.25. The zero-order valence-electron chi connectivity index (χ0n) is 8.61. The van der Waals surface area contributed by atoms with E-state index in [9.17, 15) is 9.18 Å². The van der Waals surface area contributed by atoms with E-state index in [1.807, 2.05) is 0 Å². The Kier molecular flexibility index (Phi) is 4.39. The SMILES string of the molecule is CN(CCO)CC(=O)c1cccc(F)c1. The maximum atomic E-state index is 12.8. The number of hydrogen-bond donors (Lipinski definition) is 1. The van der Waals surface area contributed by atoms with Crippen LogP contribution in [0, 0.1) is 5.82 Å². The predicted octanol–water partition coefficient (Wildman–Crippen LogP) is 0.932. The van der Waals surface area contributed by atoms with Crippen molar-refractivity contribution in [3.8, 4) is 0 Å². The Balaban J connectivity index is 2.61. The molecule has 0 unspecified atom stereocenters. The lowest BCUT2D eigenvalue weighted by molar-refractivity contribution is 0.0935. The molecule has 0 saturated heterocycles. The summed E-state index contributed by atoms with van der Waals surface area (Å²) in [7, 11) is 1.73. The number of halogens is 1. The Morgan fingerprint density at radius 2 is 2.27 bits per heavy atom. The highest BCUT2D eigenvalue weighted by molar-refractivity contribution is 5.97. The molecule has 0 spiro atoms. The van der Waals surface area contributed by atoms with Crippen LogP contribution in [0.25, 0.3) is 0 Å². The van der Waals surface area contributed by atoms with Crippen LogP contribution >= 0.6 is 0 Å². The van der Waals surface area contributed by atoms with E-state index in [-0.39, 0.29) is 18.9 Å². The minimum Gasteiger partial charge on any atom is -0.395 e. The second kappa shape index (κ2) is 5.58. The van der Waals surface area contributed by atoms with Gasteiger partial charge in [0.25, 0.3) is 0 Å². The maximum absolute atomic E-state index is 12.8. The van der Waals surface area contributed by atoms with Crippen LogP contribution in [0.4, 0.5) is 4.39 Å². The van der Waals surface area contributed by atoms with Gasteiger partial charge in [0, 0.05) is 12.1 Å². The lowest BCUT2D eigenvalue weighted by Gasteiger charge is -2.13. The predicted molar refractivity (Wildman–Crippen MR) is 55.3 cm³/mol. The van der Waals surface area contributed by atoms with E-state index in [2.05, 4.69) is 0 Å². The van der Waals surface area contributed by atoms with Gasteiger partial charge >= 0.3 is 0 Å². The summed E-state index contributed by atoms with van der Waals surface area (Å²) in [6.45, 7) is 0.623. The van der Waals surface area contributed by atoms with Crippen molar-refractivity contribution in [3.05, 3.63) is 35.6 Å². The number of rotatable bonds is 5. The minimum absolute atomic E-state index is 0.00688. The molecule has 1 rings (SSSR count). The van der Waals surface area contributed by atoms with Crippen molar-refractivity contribution in [1.29, 1.82) is 0 Å². The van der Waals surface area contributed by atoms with E-state index in [0.717, 1.165) is 0 Å². The molecule has 0 amide bonds. The van der Waals surface area contributed by atoms with Gasteiger partial charge in [0.2, 0.25) is 0 Å². The number of likely N-dealkylation sites (N-methyl/N-ethyl adjacent to an activating group) is 1. The van der Waals surface area contributed by atoms with Crippen molar-refractivity contribution in [2.24, 2.45) is 0 Å². The van der Waals surface area contributed by atoms with Crippen molar-refractivity contribution in [1.82, 2.24) is 4.90 Å². The van der Waals surface area contributed by atoms with Gasteiger partial charge in [0.05, 0.1) is 13.2 Å². The number of ketones is 1. The molecule has 0 radical (unpaired) electrons. The van der Waals surface area contributed by atoms with Crippen LogP contribution in [0.15, 0.2) is 24.3 Å². The number of hydrogen-bond acceptors (Lipinski definition) is 3. The molecular formula is C11H14FNO2. The van der Waals surface area contributed by atoms with Gasteiger partial charge in [-0.15, -0.1) is 0 Å². The summed E-state index contributed by atoms with van der Waals surface area (Å²) >= 11 is 0. The molecule has 82 valence electrons. The van der Waals surface area contributed by atoms with E-state index in [4.69, 9.17) is 5.11 Å². The monoisotopic (exact) mass is 211 g/mol. The number of Topliss-reactive ketones (excluding diaryl/α,β-unsaturated/α-hetero) is 1. The molecule has 0 aliphatic heterocycles. The fraction of sp³-hybridized carbons (Fsp3) is 0.364. The minimum atomic E-state index is -0.411. The van der Waals surface area contributed by atoms with Gasteiger partial charge in [-0.05, 0) is 19.2 Å². The fourth-order valence-electron chi connectivity index (χ4n) is 1.25. The first kappa shape index (κ1) is 11.8. The number of carbonyl (C=O) groups excluding carboxylic acids is 1. The number of aliphatic hydroxyl groups is 1. The van der Waals surface area contributed by atoms with Gasteiger partial charge in [0.1, 0.15) is 5.82 Å². The van der Waals surface area contributed by atoms with Crippen LogP contribution in [-0.2, 0) is 0 Å². The third-order valence-electron chi connectivity index (χ3n) is 2.04. The molecule has 0 aliphatic rings. The largest absolute Gasteiger partial charge is 0.395 e. The maximum Gasteiger partial charge on any atom is 0.176 e. The second-order valence-corrected chi connectivity index (χ2v) is 3.39. The van der Waals surface area contributed by atoms with Crippen LogP contribution in [-0.4, -0.2) is 42.5 Å². The molecule has 0 fully saturated rings. The molecule has 1 N–H and O–H groups in total. The quantitative estimate of drug-likeness (QED) is 0.737. The highest BCUT2D eigenvalue weighted by Crippen LogP contribution is 2.04. The van der Waals surface area contributed by atoms with E-state index < -0.39 is 5.82 Å². The summed E-state index contributed by atoms with van der Waals surface area (Å²) in [4.78, 5) is 13.3. The van der Waals surface area contributed by atoms with Crippen LogP contribution in [0.1, 0.15) is 10.4 Å². The molecule has 3 nitrogen and oxygen atoms in total. The van der Waals surface area contributed by atoms with E-state index in [1.54, 1.807) is 18.0 Å². The summed E-state index contributed by atoms with van der Waals surface area (Å²) in [5.41, 5.74) is 0.361. The summed E-state index contributed by atoms with van der Waals surface area (Å²) in [5.74, 6) is -0.559. The topological polar surface area (TPSA) is 40.5 Å². The Morgan fingerprint density at radius 3 is 2.87 bits per heavy atom. The molecule has 0 bridgehead atoms. The Hall–Kier alpha value is -1.26. The lowest BCUT2D eigenvalue weighted by atomic mass is 10.1. The number of aliphatic hydroxyl groups excluding tert-OH is 1. The zero-order chi connectivity index (χ0) is 11.3. The Labute approximate surface area is 88.1 Å². The Bertz CT molecular complexity index is 341. The second-order valence-electron chi connectivity index (χ2n) is 3.39. The Morgan fingerprint density at radius 1 is 1.53 bits per heavy atom. The van der Waals surface area contributed by atoms with Gasteiger partial charge in [-0.25, -0.2) is 4.39 Å². The lowest BCUT2D eigenvalue weighted by Crippen LogP contribution is -2.28. The first-order valence-corrected chi connectivity index (χ1v) is 4.71. The van der Waals surface area contributed by atoms with Crippen molar-refractivity contribution in [2.45, 2.75) is 0 Å². The van der Waals surface area contributed by atoms with Crippen molar-refractivity contribution >= 4 is 5.78 Å². The van der Waals surface area contributed by atoms with Gasteiger partial charge in [-0.3, -0.25) is 9.69 Å². The summed E-state index contributed by atoms with van der Waals surface area (Å²) in [6.07, 6.45) is 0. The van der Waals surface area contributed by atoms with Gasteiger partial charge in [-0.1, -0.05) is 12.1 Å². The molecule has 4 heteroatoms. The standard InChI is InChI=1S/C11H14FNO2/c1-13(5-6-14)8-11(15)9-3-2-4-10(12)7-9/h2-4,7,14H,5-6,8H2,1H3. The number of benzene rings is 1. The molecule has 1 aromatic rings. The van der Waals surface area contributed by atoms with Gasteiger partial charge in [0.15, 0.2) is 5.78 Å². The van der Waals surface area contributed by atoms with Crippen molar-refractivity contribution in [2.75, 3.05) is 26.7 Å². The van der Waals surface area contributed by atoms with Crippen LogP contribution in [0.2, 0.25) is 0 Å². The van der Waals surface area contributed by atoms with Crippen LogP contribution < -0.4 is 0 Å². The summed E-state index contributed by atoms with van der Waals surface area (Å²) < 4.78 is 12.8. The molecule has 1 aromatic carbocycles. The third kappa shape index (κ3) is 3.77. The molecule has 0 atom stereocenters. The number of carbonyl (C=O) groups is 1. The van der Waals surface area contributed by atoms with Gasteiger partial charge in [-0.2, -0.15) is 0 Å². The molecule has 0 aromatic heterocycles. The average molecular weight is 211 g/mol. The molecule has 15 heavy (non-hydrogen) atoms. The first-order chi connectivity index (χ1) is 7.13. The highest BCUT2D eigenvalue weighted by atomic mass is 19.1. The van der Waals surface area contributed by atoms with E-state index >= 15 is 0 Å². The third-order valence-corrected chi connectivity index (χ3v) is 2.04. The average Bonchev–Trinajstić information content (AvgIpc) is 2.18.